The van der Waals surface area contributed by atoms with Gasteiger partial charge in [-0.1, -0.05) is 16.5 Å². The largest absolute Gasteiger partial charge is 0.361 e. The maximum atomic E-state index is 5.26. The molecule has 0 radical (unpaired) electrons. The van der Waals surface area contributed by atoms with Crippen LogP contribution in [0.3, 0.4) is 0 Å². The summed E-state index contributed by atoms with van der Waals surface area (Å²) in [6.07, 6.45) is 0. The molecule has 0 saturated carbocycles. The predicted molar refractivity (Wildman–Crippen MR) is 65.6 cm³/mol. The van der Waals surface area contributed by atoms with E-state index >= 15 is 0 Å². The molecular formula is C9H9N5OS2. The van der Waals surface area contributed by atoms with Crippen LogP contribution < -0.4 is 0 Å². The first kappa shape index (κ1) is 10.6. The minimum atomic E-state index is 0.602. The second-order valence-electron chi connectivity index (χ2n) is 3.52. The molecule has 3 heterocycles. The van der Waals surface area contributed by atoms with Gasteiger partial charge in [-0.3, -0.25) is 0 Å². The molecule has 0 amide bonds. The van der Waals surface area contributed by atoms with Crippen molar-refractivity contribution in [3.8, 4) is 10.7 Å². The first-order valence-electron chi connectivity index (χ1n) is 5.09. The molecule has 0 aromatic carbocycles. The summed E-state index contributed by atoms with van der Waals surface area (Å²) in [7, 11) is 0. The molecule has 3 rings (SSSR count). The summed E-state index contributed by atoms with van der Waals surface area (Å²) >= 11 is 6.70. The first-order chi connectivity index (χ1) is 8.19. The van der Waals surface area contributed by atoms with E-state index in [0.717, 1.165) is 28.0 Å². The Labute approximate surface area is 105 Å². The third kappa shape index (κ3) is 1.60. The lowest BCUT2D eigenvalue weighted by atomic mass is 10.4. The van der Waals surface area contributed by atoms with Gasteiger partial charge >= 0.3 is 0 Å². The Morgan fingerprint density at radius 1 is 1.47 bits per heavy atom. The molecular weight excluding hydrogens is 258 g/mol. The average molecular weight is 267 g/mol. The van der Waals surface area contributed by atoms with Gasteiger partial charge in [0.15, 0.2) is 5.01 Å². The molecule has 0 saturated heterocycles. The highest BCUT2D eigenvalue weighted by atomic mass is 32.1. The van der Waals surface area contributed by atoms with Crippen LogP contribution in [0.2, 0.25) is 0 Å². The minimum absolute atomic E-state index is 0.602. The molecule has 3 aromatic heterocycles. The van der Waals surface area contributed by atoms with Crippen LogP contribution in [0.1, 0.15) is 12.7 Å². The molecule has 3 aromatic rings. The Bertz CT molecular complexity index is 734. The molecule has 0 spiro atoms. The van der Waals surface area contributed by atoms with Crippen LogP contribution in [-0.4, -0.2) is 24.6 Å². The monoisotopic (exact) mass is 267 g/mol. The van der Waals surface area contributed by atoms with Crippen LogP contribution in [0.5, 0.6) is 0 Å². The lowest BCUT2D eigenvalue weighted by Crippen LogP contribution is -1.97. The normalized spacial score (nSPS) is 11.4. The van der Waals surface area contributed by atoms with Gasteiger partial charge in [-0.15, -0.1) is 10.2 Å². The van der Waals surface area contributed by atoms with Crippen molar-refractivity contribution in [2.45, 2.75) is 20.4 Å². The van der Waals surface area contributed by atoms with Gasteiger partial charge in [0.25, 0.3) is 0 Å². The Kier molecular flexibility index (Phi) is 2.33. The standard InChI is InChI=1S/C9H9N5OS2/c1-3-13-9(16)14-8(11-13)17-7(10-14)6-4-5(2)15-12-6/h4H,3H2,1-2H3. The van der Waals surface area contributed by atoms with E-state index in [2.05, 4.69) is 15.4 Å². The topological polar surface area (TPSA) is 61.2 Å². The summed E-state index contributed by atoms with van der Waals surface area (Å²) < 4.78 is 9.02. The molecule has 8 heteroatoms. The summed E-state index contributed by atoms with van der Waals surface area (Å²) in [6, 6.07) is 1.84. The molecule has 17 heavy (non-hydrogen) atoms. The zero-order valence-electron chi connectivity index (χ0n) is 9.25. The van der Waals surface area contributed by atoms with E-state index in [9.17, 15) is 0 Å². The van der Waals surface area contributed by atoms with Gasteiger partial charge in [0.2, 0.25) is 9.73 Å². The molecule has 0 aliphatic heterocycles. The SMILES string of the molecule is CCn1nc2sc(-c3cc(C)on3)nn2c1=S. The second kappa shape index (κ2) is 3.74. The quantitative estimate of drug-likeness (QED) is 0.667. The second-order valence-corrected chi connectivity index (χ2v) is 4.84. The highest BCUT2D eigenvalue weighted by Crippen LogP contribution is 2.24. The molecule has 0 atom stereocenters. The van der Waals surface area contributed by atoms with E-state index in [1.165, 1.54) is 11.3 Å². The number of fused-ring (bicyclic) bond motifs is 1. The van der Waals surface area contributed by atoms with Crippen molar-refractivity contribution in [1.82, 2.24) is 24.6 Å². The summed E-state index contributed by atoms with van der Waals surface area (Å²) in [5, 5.41) is 13.4. The Morgan fingerprint density at radius 3 is 2.88 bits per heavy atom. The van der Waals surface area contributed by atoms with Crippen LogP contribution in [0, 0.1) is 11.7 Å². The lowest BCUT2D eigenvalue weighted by Gasteiger charge is -1.90. The van der Waals surface area contributed by atoms with E-state index in [4.69, 9.17) is 16.7 Å². The third-order valence-electron chi connectivity index (χ3n) is 2.31. The number of nitrogens with zero attached hydrogens (tertiary/aromatic N) is 5. The van der Waals surface area contributed by atoms with Crippen molar-refractivity contribution >= 4 is 28.5 Å². The van der Waals surface area contributed by atoms with E-state index in [-0.39, 0.29) is 0 Å². The van der Waals surface area contributed by atoms with Crippen molar-refractivity contribution in [2.24, 2.45) is 0 Å². The van der Waals surface area contributed by atoms with Crippen LogP contribution in [-0.2, 0) is 6.54 Å². The van der Waals surface area contributed by atoms with Crippen molar-refractivity contribution < 1.29 is 4.52 Å². The molecule has 0 aliphatic carbocycles. The fourth-order valence-corrected chi connectivity index (χ4v) is 2.71. The fourth-order valence-electron chi connectivity index (χ4n) is 1.50. The van der Waals surface area contributed by atoms with Crippen LogP contribution in [0.4, 0.5) is 0 Å². The van der Waals surface area contributed by atoms with Crippen LogP contribution in [0.15, 0.2) is 10.6 Å². The highest BCUT2D eigenvalue weighted by Gasteiger charge is 2.13. The van der Waals surface area contributed by atoms with Crippen LogP contribution in [0.25, 0.3) is 15.7 Å². The van der Waals surface area contributed by atoms with Gasteiger partial charge in [0, 0.05) is 12.6 Å². The summed E-state index contributed by atoms with van der Waals surface area (Å²) in [5.74, 6) is 0.759. The maximum Gasteiger partial charge on any atom is 0.233 e. The highest BCUT2D eigenvalue weighted by molar-refractivity contribution is 7.71. The summed E-state index contributed by atoms with van der Waals surface area (Å²) in [4.78, 5) is 0.771. The number of aryl methyl sites for hydroxylation is 2. The number of hydrogen-bond acceptors (Lipinski definition) is 6. The van der Waals surface area contributed by atoms with E-state index in [1.54, 1.807) is 9.20 Å². The van der Waals surface area contributed by atoms with E-state index in [0.29, 0.717) is 4.77 Å². The number of hydrogen-bond donors (Lipinski definition) is 0. The van der Waals surface area contributed by atoms with Crippen molar-refractivity contribution in [1.29, 1.82) is 0 Å². The van der Waals surface area contributed by atoms with E-state index < -0.39 is 0 Å². The van der Waals surface area contributed by atoms with Crippen molar-refractivity contribution in [3.63, 3.8) is 0 Å². The Hall–Kier alpha value is -1.54. The molecule has 0 unspecified atom stereocenters. The smallest absolute Gasteiger partial charge is 0.233 e. The molecule has 0 fully saturated rings. The van der Waals surface area contributed by atoms with Gasteiger partial charge in [-0.05, 0) is 26.1 Å². The lowest BCUT2D eigenvalue weighted by molar-refractivity contribution is 0.399. The van der Waals surface area contributed by atoms with Gasteiger partial charge in [0.1, 0.15) is 11.5 Å². The van der Waals surface area contributed by atoms with Gasteiger partial charge in [0.05, 0.1) is 0 Å². The zero-order valence-corrected chi connectivity index (χ0v) is 10.9. The van der Waals surface area contributed by atoms with Crippen molar-refractivity contribution in [2.75, 3.05) is 0 Å². The fraction of sp³-hybridized carbons (Fsp3) is 0.333. The number of aromatic nitrogens is 5. The zero-order chi connectivity index (χ0) is 12.0. The maximum absolute atomic E-state index is 5.26. The average Bonchev–Trinajstić information content (AvgIpc) is 2.95. The molecule has 0 bridgehead atoms. The van der Waals surface area contributed by atoms with Crippen molar-refractivity contribution in [3.05, 3.63) is 16.6 Å². The Balaban J connectivity index is 2.18. The molecule has 6 nitrogen and oxygen atoms in total. The molecule has 88 valence electrons. The van der Waals surface area contributed by atoms with Gasteiger partial charge < -0.3 is 4.52 Å². The summed E-state index contributed by atoms with van der Waals surface area (Å²) in [5.41, 5.74) is 0.718. The number of rotatable bonds is 2. The molecule has 0 N–H and O–H groups in total. The minimum Gasteiger partial charge on any atom is -0.361 e. The van der Waals surface area contributed by atoms with Gasteiger partial charge in [-0.2, -0.15) is 4.52 Å². The molecule has 0 aliphatic rings. The summed E-state index contributed by atoms with van der Waals surface area (Å²) in [6.45, 7) is 4.58. The van der Waals surface area contributed by atoms with E-state index in [1.807, 2.05) is 19.9 Å². The first-order valence-corrected chi connectivity index (χ1v) is 6.32. The Morgan fingerprint density at radius 2 is 2.29 bits per heavy atom. The third-order valence-corrected chi connectivity index (χ3v) is 3.62. The van der Waals surface area contributed by atoms with Crippen LogP contribution >= 0.6 is 23.6 Å². The predicted octanol–water partition coefficient (Wildman–Crippen LogP) is 2.31. The van der Waals surface area contributed by atoms with Gasteiger partial charge in [-0.25, -0.2) is 4.68 Å².